The van der Waals surface area contributed by atoms with Crippen LogP contribution in [0.3, 0.4) is 0 Å². The van der Waals surface area contributed by atoms with Crippen LogP contribution in [0.4, 0.5) is 0 Å². The number of hydrogen-bond donors (Lipinski definition) is 2. The predicted molar refractivity (Wildman–Crippen MR) is 80.5 cm³/mol. The van der Waals surface area contributed by atoms with E-state index in [1.807, 2.05) is 0 Å². The van der Waals surface area contributed by atoms with Crippen molar-refractivity contribution in [1.29, 1.82) is 0 Å². The molecule has 0 bridgehead atoms. The smallest absolute Gasteiger partial charge is 0.210 e. The van der Waals surface area contributed by atoms with Crippen LogP contribution in [-0.4, -0.2) is 42.0 Å². The monoisotopic (exact) mass is 332 g/mol. The lowest BCUT2D eigenvalue weighted by atomic mass is 10.1. The van der Waals surface area contributed by atoms with Crippen LogP contribution < -0.4 is 0 Å². The van der Waals surface area contributed by atoms with Crippen LogP contribution in [0.25, 0.3) is 0 Å². The molecule has 0 amide bonds. The zero-order chi connectivity index (χ0) is 16.2. The van der Waals surface area contributed by atoms with Crippen LogP contribution in [0.15, 0.2) is 46.2 Å². The second-order valence-electron chi connectivity index (χ2n) is 4.61. The summed E-state index contributed by atoms with van der Waals surface area (Å²) in [6.07, 6.45) is 1.56. The fourth-order valence-corrected chi connectivity index (χ4v) is 2.63. The van der Waals surface area contributed by atoms with Crippen LogP contribution in [0.1, 0.15) is 16.1 Å². The van der Waals surface area contributed by atoms with Gasteiger partial charge in [0.2, 0.25) is 5.16 Å². The number of furan rings is 1. The van der Waals surface area contributed by atoms with Gasteiger partial charge < -0.3 is 14.6 Å². The first-order valence-electron chi connectivity index (χ1n) is 6.60. The maximum absolute atomic E-state index is 12.1. The Morgan fingerprint density at radius 1 is 1.26 bits per heavy atom. The van der Waals surface area contributed by atoms with Crippen molar-refractivity contribution in [2.45, 2.75) is 11.7 Å². The Kier molecular flexibility index (Phi) is 4.29. The third kappa shape index (κ3) is 3.51. The van der Waals surface area contributed by atoms with Crippen LogP contribution in [0.5, 0.6) is 11.5 Å². The van der Waals surface area contributed by atoms with Crippen molar-refractivity contribution < 1.29 is 19.4 Å². The van der Waals surface area contributed by atoms with Crippen molar-refractivity contribution >= 4 is 17.5 Å². The summed E-state index contributed by atoms with van der Waals surface area (Å²) in [4.78, 5) is 12.1. The average molecular weight is 332 g/mol. The van der Waals surface area contributed by atoms with Gasteiger partial charge in [-0.2, -0.15) is 0 Å². The summed E-state index contributed by atoms with van der Waals surface area (Å²) in [6.45, 7) is 0.372. The topological polar surface area (TPSA) is 114 Å². The molecule has 23 heavy (non-hydrogen) atoms. The van der Waals surface area contributed by atoms with E-state index in [0.29, 0.717) is 23.0 Å². The SMILES string of the molecule is O=C(CSc1nnnn1Cc1ccco1)c1ccc(O)c(O)c1. The van der Waals surface area contributed by atoms with E-state index in [4.69, 9.17) is 4.42 Å². The lowest BCUT2D eigenvalue weighted by Crippen LogP contribution is -2.06. The molecule has 3 aromatic rings. The summed E-state index contributed by atoms with van der Waals surface area (Å²) >= 11 is 1.18. The number of thioether (sulfide) groups is 1. The standard InChI is InChI=1S/C14H12N4O4S/c19-11-4-3-9(6-12(11)20)13(21)8-23-14-15-16-17-18(14)7-10-2-1-5-22-10/h1-6,19-20H,7-8H2. The molecule has 2 heterocycles. The lowest BCUT2D eigenvalue weighted by molar-refractivity contribution is 0.102. The Hall–Kier alpha value is -2.81. The molecule has 0 aliphatic heterocycles. The van der Waals surface area contributed by atoms with Gasteiger partial charge in [0.05, 0.1) is 12.0 Å². The Labute approximate surface area is 134 Å². The number of nitrogens with zero attached hydrogens (tertiary/aromatic N) is 4. The molecule has 3 rings (SSSR count). The van der Waals surface area contributed by atoms with Gasteiger partial charge in [0.25, 0.3) is 0 Å². The normalized spacial score (nSPS) is 10.8. The third-order valence-corrected chi connectivity index (χ3v) is 3.97. The van der Waals surface area contributed by atoms with Gasteiger partial charge in [-0.05, 0) is 40.8 Å². The molecule has 0 aliphatic carbocycles. The fourth-order valence-electron chi connectivity index (χ4n) is 1.86. The van der Waals surface area contributed by atoms with E-state index in [0.717, 1.165) is 0 Å². The van der Waals surface area contributed by atoms with E-state index in [9.17, 15) is 15.0 Å². The predicted octanol–water partition coefficient (Wildman–Crippen LogP) is 1.70. The van der Waals surface area contributed by atoms with Crippen molar-refractivity contribution in [2.24, 2.45) is 0 Å². The minimum atomic E-state index is -0.330. The van der Waals surface area contributed by atoms with Gasteiger partial charge in [0, 0.05) is 5.56 Å². The highest BCUT2D eigenvalue weighted by Crippen LogP contribution is 2.26. The van der Waals surface area contributed by atoms with Crippen LogP contribution in [0.2, 0.25) is 0 Å². The van der Waals surface area contributed by atoms with E-state index in [1.54, 1.807) is 18.4 Å². The summed E-state index contributed by atoms with van der Waals surface area (Å²) in [5, 5.41) is 30.5. The molecular weight excluding hydrogens is 320 g/mol. The van der Waals surface area contributed by atoms with Crippen molar-refractivity contribution in [3.05, 3.63) is 47.9 Å². The van der Waals surface area contributed by atoms with Gasteiger partial charge in [-0.25, -0.2) is 4.68 Å². The number of hydrogen-bond acceptors (Lipinski definition) is 8. The zero-order valence-corrected chi connectivity index (χ0v) is 12.6. The summed E-state index contributed by atoms with van der Waals surface area (Å²) in [7, 11) is 0. The van der Waals surface area contributed by atoms with Gasteiger partial charge in [-0.1, -0.05) is 11.8 Å². The minimum absolute atomic E-state index is 0.0999. The minimum Gasteiger partial charge on any atom is -0.504 e. The summed E-state index contributed by atoms with van der Waals surface area (Å²) in [5.41, 5.74) is 0.304. The molecule has 2 aromatic heterocycles. The number of tetrazole rings is 1. The molecule has 0 spiro atoms. The number of rotatable bonds is 6. The molecule has 118 valence electrons. The summed E-state index contributed by atoms with van der Waals surface area (Å²) < 4.78 is 6.77. The molecule has 9 heteroatoms. The van der Waals surface area contributed by atoms with E-state index < -0.39 is 0 Å². The van der Waals surface area contributed by atoms with Crippen LogP contribution >= 0.6 is 11.8 Å². The molecule has 1 aromatic carbocycles. The van der Waals surface area contributed by atoms with Gasteiger partial charge in [-0.15, -0.1) is 5.10 Å². The average Bonchev–Trinajstić information content (AvgIpc) is 3.20. The molecule has 0 fully saturated rings. The van der Waals surface area contributed by atoms with Gasteiger partial charge >= 0.3 is 0 Å². The number of phenolic OH excluding ortho intramolecular Hbond substituents is 2. The van der Waals surface area contributed by atoms with Crippen molar-refractivity contribution in [3.63, 3.8) is 0 Å². The molecule has 8 nitrogen and oxygen atoms in total. The van der Waals surface area contributed by atoms with Crippen molar-refractivity contribution in [1.82, 2.24) is 20.2 Å². The molecule has 0 unspecified atom stereocenters. The van der Waals surface area contributed by atoms with E-state index in [1.165, 1.54) is 34.6 Å². The van der Waals surface area contributed by atoms with Gasteiger partial charge in [0.1, 0.15) is 12.3 Å². The van der Waals surface area contributed by atoms with Crippen LogP contribution in [-0.2, 0) is 6.54 Å². The van der Waals surface area contributed by atoms with Gasteiger partial charge in [-0.3, -0.25) is 4.79 Å². The number of aromatic nitrogens is 4. The highest BCUT2D eigenvalue weighted by atomic mass is 32.2. The van der Waals surface area contributed by atoms with Crippen molar-refractivity contribution in [2.75, 3.05) is 5.75 Å². The molecule has 0 atom stereocenters. The molecule has 0 aliphatic rings. The Morgan fingerprint density at radius 2 is 2.13 bits per heavy atom. The Bertz CT molecular complexity index is 816. The quantitative estimate of drug-likeness (QED) is 0.398. The number of ketones is 1. The fraction of sp³-hybridized carbons (Fsp3) is 0.143. The second kappa shape index (κ2) is 6.53. The van der Waals surface area contributed by atoms with Gasteiger partial charge in [0.15, 0.2) is 17.3 Å². The molecule has 0 radical (unpaired) electrons. The molecule has 0 saturated heterocycles. The van der Waals surface area contributed by atoms with E-state index >= 15 is 0 Å². The summed E-state index contributed by atoms with van der Waals surface area (Å²) in [6, 6.07) is 7.52. The Morgan fingerprint density at radius 3 is 2.87 bits per heavy atom. The molecular formula is C14H12N4O4S. The van der Waals surface area contributed by atoms with E-state index in [2.05, 4.69) is 15.5 Å². The largest absolute Gasteiger partial charge is 0.504 e. The first kappa shape index (κ1) is 15.1. The number of phenols is 2. The Balaban J connectivity index is 1.65. The highest BCUT2D eigenvalue weighted by molar-refractivity contribution is 7.99. The highest BCUT2D eigenvalue weighted by Gasteiger charge is 2.14. The zero-order valence-electron chi connectivity index (χ0n) is 11.8. The first-order chi connectivity index (χ1) is 11.1. The number of benzene rings is 1. The maximum atomic E-state index is 12.1. The number of carbonyl (C=O) groups excluding carboxylic acids is 1. The van der Waals surface area contributed by atoms with Crippen LogP contribution in [0, 0.1) is 0 Å². The van der Waals surface area contributed by atoms with E-state index in [-0.39, 0.29) is 23.0 Å². The number of carbonyl (C=O) groups is 1. The number of aromatic hydroxyl groups is 2. The first-order valence-corrected chi connectivity index (χ1v) is 7.58. The maximum Gasteiger partial charge on any atom is 0.210 e. The summed E-state index contributed by atoms with van der Waals surface area (Å²) in [5.74, 6) is -0.00480. The lowest BCUT2D eigenvalue weighted by Gasteiger charge is -2.04. The number of Topliss-reactive ketones (excluding diaryl/α,β-unsaturated/α-hetero) is 1. The molecule has 2 N–H and O–H groups in total. The second-order valence-corrected chi connectivity index (χ2v) is 5.56. The van der Waals surface area contributed by atoms with Crippen molar-refractivity contribution in [3.8, 4) is 11.5 Å². The third-order valence-electron chi connectivity index (χ3n) is 3.01. The molecule has 0 saturated carbocycles.